The van der Waals surface area contributed by atoms with Gasteiger partial charge in [0.2, 0.25) is 0 Å². The predicted molar refractivity (Wildman–Crippen MR) is 92.8 cm³/mol. The van der Waals surface area contributed by atoms with Crippen molar-refractivity contribution in [2.75, 3.05) is 24.5 Å². The fourth-order valence-corrected chi connectivity index (χ4v) is 3.16. The highest BCUT2D eigenvalue weighted by Gasteiger charge is 2.16. The monoisotopic (exact) mass is 349 g/mol. The highest BCUT2D eigenvalue weighted by Crippen LogP contribution is 2.29. The van der Waals surface area contributed by atoms with E-state index in [-0.39, 0.29) is 11.6 Å². The van der Waals surface area contributed by atoms with E-state index in [9.17, 15) is 9.59 Å². The Bertz CT molecular complexity index is 792. The molecule has 7 nitrogen and oxygen atoms in total. The first-order valence-electron chi connectivity index (χ1n) is 7.99. The van der Waals surface area contributed by atoms with E-state index in [2.05, 4.69) is 20.4 Å². The molecule has 0 atom stereocenters. The van der Waals surface area contributed by atoms with E-state index in [0.717, 1.165) is 18.8 Å². The fraction of sp³-hybridized carbons (Fsp3) is 0.438. The van der Waals surface area contributed by atoms with Crippen LogP contribution in [0.2, 0.25) is 5.02 Å². The van der Waals surface area contributed by atoms with Crippen LogP contribution in [-0.2, 0) is 13.5 Å². The molecule has 0 aliphatic carbocycles. The molecule has 0 unspecified atom stereocenters. The molecule has 0 bridgehead atoms. The summed E-state index contributed by atoms with van der Waals surface area (Å²) in [6.45, 7) is 2.41. The molecule has 2 N–H and O–H groups in total. The Morgan fingerprint density at radius 3 is 2.75 bits per heavy atom. The molecule has 0 saturated carbocycles. The van der Waals surface area contributed by atoms with Crippen LogP contribution < -0.4 is 15.9 Å². The number of carbonyl (C=O) groups is 1. The smallest absolute Gasteiger partial charge is 0.343 e. The van der Waals surface area contributed by atoms with Crippen molar-refractivity contribution < 1.29 is 4.79 Å². The highest BCUT2D eigenvalue weighted by atomic mass is 35.5. The molecule has 2 heterocycles. The first-order chi connectivity index (χ1) is 11.6. The molecule has 0 spiro atoms. The summed E-state index contributed by atoms with van der Waals surface area (Å²) in [7, 11) is 1.64. The van der Waals surface area contributed by atoms with Gasteiger partial charge in [0, 0.05) is 38.7 Å². The molecule has 1 fully saturated rings. The third-order valence-electron chi connectivity index (χ3n) is 4.26. The van der Waals surface area contributed by atoms with Gasteiger partial charge < -0.3 is 10.2 Å². The number of aromatic amines is 1. The average Bonchev–Trinajstić information content (AvgIpc) is 3.20. The van der Waals surface area contributed by atoms with E-state index in [1.54, 1.807) is 19.2 Å². The molecular formula is C16H20ClN5O2. The lowest BCUT2D eigenvalue weighted by molar-refractivity contribution is 0.0954. The molecule has 2 aromatic rings. The van der Waals surface area contributed by atoms with Gasteiger partial charge in [-0.05, 0) is 31.0 Å². The summed E-state index contributed by atoms with van der Waals surface area (Å²) in [4.78, 5) is 25.7. The Morgan fingerprint density at radius 2 is 2.12 bits per heavy atom. The second-order valence-electron chi connectivity index (χ2n) is 5.87. The van der Waals surface area contributed by atoms with Crippen molar-refractivity contribution in [2.45, 2.75) is 19.3 Å². The van der Waals surface area contributed by atoms with Gasteiger partial charge in [-0.25, -0.2) is 9.89 Å². The van der Waals surface area contributed by atoms with E-state index in [1.807, 2.05) is 6.07 Å². The summed E-state index contributed by atoms with van der Waals surface area (Å²) in [6, 6.07) is 5.40. The van der Waals surface area contributed by atoms with Gasteiger partial charge in [0.15, 0.2) is 0 Å². The summed E-state index contributed by atoms with van der Waals surface area (Å²) in [5.74, 6) is 0.410. The minimum atomic E-state index is -0.263. The Morgan fingerprint density at radius 1 is 1.38 bits per heavy atom. The lowest BCUT2D eigenvalue weighted by Gasteiger charge is -2.19. The zero-order chi connectivity index (χ0) is 17.1. The number of rotatable bonds is 5. The van der Waals surface area contributed by atoms with Crippen molar-refractivity contribution in [3.8, 4) is 0 Å². The number of H-pyrrole nitrogens is 1. The number of nitrogens with zero attached hydrogens (tertiary/aromatic N) is 3. The fourth-order valence-electron chi connectivity index (χ4n) is 2.86. The second-order valence-corrected chi connectivity index (χ2v) is 6.28. The van der Waals surface area contributed by atoms with Crippen LogP contribution in [-0.4, -0.2) is 40.3 Å². The number of nitrogens with one attached hydrogen (secondary N) is 2. The molecule has 128 valence electrons. The molecule has 8 heteroatoms. The van der Waals surface area contributed by atoms with Gasteiger partial charge in [-0.3, -0.25) is 9.36 Å². The van der Waals surface area contributed by atoms with E-state index in [0.29, 0.717) is 29.4 Å². The van der Waals surface area contributed by atoms with E-state index < -0.39 is 0 Å². The van der Waals surface area contributed by atoms with Crippen molar-refractivity contribution in [3.63, 3.8) is 0 Å². The van der Waals surface area contributed by atoms with Crippen molar-refractivity contribution in [1.82, 2.24) is 20.1 Å². The van der Waals surface area contributed by atoms with Gasteiger partial charge in [0.1, 0.15) is 5.82 Å². The molecule has 1 amide bonds. The quantitative estimate of drug-likeness (QED) is 0.853. The molecule has 1 saturated heterocycles. The standard InChI is InChI=1S/C16H20ClN5O2/c1-21-14(19-20-16(21)24)6-7-18-15(23)11-4-5-13(12(17)10-11)22-8-2-3-9-22/h4-5,10H,2-3,6-9H2,1H3,(H,18,23)(H,20,24). The minimum absolute atomic E-state index is 0.189. The SMILES string of the molecule is Cn1c(CCNC(=O)c2ccc(N3CCCC3)c(Cl)c2)n[nH]c1=O. The van der Waals surface area contributed by atoms with Crippen molar-refractivity contribution in [1.29, 1.82) is 0 Å². The van der Waals surface area contributed by atoms with Crippen LogP contribution in [0.15, 0.2) is 23.0 Å². The van der Waals surface area contributed by atoms with Crippen molar-refractivity contribution in [2.24, 2.45) is 7.05 Å². The average molecular weight is 350 g/mol. The first kappa shape index (κ1) is 16.6. The third-order valence-corrected chi connectivity index (χ3v) is 4.57. The normalized spacial score (nSPS) is 14.2. The number of anilines is 1. The third kappa shape index (κ3) is 3.46. The zero-order valence-electron chi connectivity index (χ0n) is 13.5. The first-order valence-corrected chi connectivity index (χ1v) is 8.37. The maximum atomic E-state index is 12.2. The minimum Gasteiger partial charge on any atom is -0.370 e. The Kier molecular flexibility index (Phi) is 4.89. The Hall–Kier alpha value is -2.28. The van der Waals surface area contributed by atoms with E-state index >= 15 is 0 Å². The second kappa shape index (κ2) is 7.09. The Labute approximate surface area is 144 Å². The number of hydrogen-bond acceptors (Lipinski definition) is 4. The topological polar surface area (TPSA) is 83.0 Å². The zero-order valence-corrected chi connectivity index (χ0v) is 14.3. The number of benzene rings is 1. The molecule has 1 aromatic heterocycles. The lowest BCUT2D eigenvalue weighted by Crippen LogP contribution is -2.27. The number of amides is 1. The molecule has 0 radical (unpaired) electrons. The number of aromatic nitrogens is 3. The molecule has 1 aliphatic heterocycles. The van der Waals surface area contributed by atoms with Crippen LogP contribution in [0.1, 0.15) is 29.0 Å². The maximum Gasteiger partial charge on any atom is 0.343 e. The van der Waals surface area contributed by atoms with Crippen LogP contribution >= 0.6 is 11.6 Å². The van der Waals surface area contributed by atoms with Crippen LogP contribution in [0.25, 0.3) is 0 Å². The molecular weight excluding hydrogens is 330 g/mol. The van der Waals surface area contributed by atoms with Gasteiger partial charge in [-0.2, -0.15) is 5.10 Å². The molecule has 24 heavy (non-hydrogen) atoms. The molecule has 3 rings (SSSR count). The van der Waals surface area contributed by atoms with Crippen molar-refractivity contribution in [3.05, 3.63) is 45.1 Å². The van der Waals surface area contributed by atoms with Crippen LogP contribution in [0.5, 0.6) is 0 Å². The lowest BCUT2D eigenvalue weighted by atomic mass is 10.2. The van der Waals surface area contributed by atoms with Gasteiger partial charge >= 0.3 is 5.69 Å². The maximum absolute atomic E-state index is 12.2. The van der Waals surface area contributed by atoms with Crippen molar-refractivity contribution >= 4 is 23.2 Å². The van der Waals surface area contributed by atoms with Crippen LogP contribution in [0.4, 0.5) is 5.69 Å². The number of halogens is 1. The number of carbonyl (C=O) groups excluding carboxylic acids is 1. The summed E-state index contributed by atoms with van der Waals surface area (Å²) in [6.07, 6.45) is 2.82. The summed E-state index contributed by atoms with van der Waals surface area (Å²) in [5.41, 5.74) is 1.25. The summed E-state index contributed by atoms with van der Waals surface area (Å²) < 4.78 is 1.42. The van der Waals surface area contributed by atoms with E-state index in [4.69, 9.17) is 11.6 Å². The Balaban J connectivity index is 1.59. The number of hydrogen-bond donors (Lipinski definition) is 2. The summed E-state index contributed by atoms with van der Waals surface area (Å²) in [5, 5.41) is 9.69. The highest BCUT2D eigenvalue weighted by molar-refractivity contribution is 6.33. The molecule has 1 aromatic carbocycles. The van der Waals surface area contributed by atoms with Gasteiger partial charge in [-0.15, -0.1) is 0 Å². The van der Waals surface area contributed by atoms with Crippen LogP contribution in [0.3, 0.4) is 0 Å². The largest absolute Gasteiger partial charge is 0.370 e. The van der Waals surface area contributed by atoms with Gasteiger partial charge in [0.05, 0.1) is 10.7 Å². The molecule has 1 aliphatic rings. The van der Waals surface area contributed by atoms with E-state index in [1.165, 1.54) is 17.4 Å². The summed E-state index contributed by atoms with van der Waals surface area (Å²) >= 11 is 6.33. The van der Waals surface area contributed by atoms with Gasteiger partial charge in [0.25, 0.3) is 5.91 Å². The predicted octanol–water partition coefficient (Wildman–Crippen LogP) is 1.33. The van der Waals surface area contributed by atoms with Gasteiger partial charge in [-0.1, -0.05) is 11.6 Å². The van der Waals surface area contributed by atoms with Crippen LogP contribution in [0, 0.1) is 0 Å².